The second-order valence-corrected chi connectivity index (χ2v) is 5.70. The summed E-state index contributed by atoms with van der Waals surface area (Å²) in [6.07, 6.45) is -1.41. The number of halogens is 6. The quantitative estimate of drug-likeness (QED) is 0.388. The molecule has 0 aromatic carbocycles. The summed E-state index contributed by atoms with van der Waals surface area (Å²) in [6, 6.07) is 0. The molecule has 0 unspecified atom stereocenters. The van der Waals surface area contributed by atoms with Gasteiger partial charge in [0.25, 0.3) is 0 Å². The average Bonchev–Trinajstić information content (AvgIpc) is 1.49. The van der Waals surface area contributed by atoms with Gasteiger partial charge in [0, 0.05) is 0 Å². The number of hydrogen-bond acceptors (Lipinski definition) is 3. The molecule has 0 spiro atoms. The van der Waals surface area contributed by atoms with E-state index >= 15 is 0 Å². The molecule has 0 radical (unpaired) electrons. The number of carbonyl (C=O) groups excluding carboxylic acids is 1. The Morgan fingerprint density at radius 3 is 1.25 bits per heavy atom. The van der Waals surface area contributed by atoms with Crippen molar-refractivity contribution in [1.29, 1.82) is 0 Å². The van der Waals surface area contributed by atoms with Crippen LogP contribution in [0.15, 0.2) is 0 Å². The largest absolute Gasteiger partial charge is 0.515 e. The predicted octanol–water partition coefficient (Wildman–Crippen LogP) is 3.79. The molecule has 0 N–H and O–H groups in total. The fraction of sp³-hybridized carbons (Fsp3) is 0.667. The molecule has 0 atom stereocenters. The van der Waals surface area contributed by atoms with Gasteiger partial charge in [0.2, 0.25) is 0 Å². The molecule has 0 aromatic heterocycles. The Morgan fingerprint density at radius 2 is 1.08 bits per heavy atom. The molecule has 0 aliphatic rings. The van der Waals surface area contributed by atoms with Gasteiger partial charge in [-0.1, -0.05) is 0 Å². The van der Waals surface area contributed by atoms with Crippen LogP contribution in [0.3, 0.4) is 0 Å². The van der Waals surface area contributed by atoms with Gasteiger partial charge in [-0.2, -0.15) is 0 Å². The van der Waals surface area contributed by atoms with E-state index in [0.717, 1.165) is 0 Å². The average molecular weight is 300 g/mol. The monoisotopic (exact) mass is 297 g/mol. The van der Waals surface area contributed by atoms with Crippen molar-refractivity contribution in [3.05, 3.63) is 0 Å². The first-order valence-electron chi connectivity index (χ1n) is 2.15. The predicted molar refractivity (Wildman–Crippen MR) is 48.1 cm³/mol. The van der Waals surface area contributed by atoms with Crippen molar-refractivity contribution in [3.63, 3.8) is 0 Å². The molecule has 72 valence electrons. The lowest BCUT2D eigenvalue weighted by Crippen LogP contribution is -2.22. The highest BCUT2D eigenvalue weighted by atomic mass is 35.6. The third kappa shape index (κ3) is 9.10. The minimum atomic E-state index is -2.24. The van der Waals surface area contributed by atoms with E-state index in [0.29, 0.717) is 0 Å². The van der Waals surface area contributed by atoms with E-state index in [2.05, 4.69) is 9.47 Å². The lowest BCUT2D eigenvalue weighted by molar-refractivity contribution is 0.0508. The summed E-state index contributed by atoms with van der Waals surface area (Å²) >= 11 is 30.2. The molecular formula is C3Cl6O3. The molecule has 0 amide bonds. The topological polar surface area (TPSA) is 35.5 Å². The normalized spacial score (nSPS) is 12.5. The Labute approximate surface area is 97.7 Å². The molecule has 0 saturated carbocycles. The number of ether oxygens (including phenoxy) is 2. The van der Waals surface area contributed by atoms with E-state index in [4.69, 9.17) is 69.6 Å². The third-order valence-electron chi connectivity index (χ3n) is 0.398. The van der Waals surface area contributed by atoms with Crippen molar-refractivity contribution in [3.8, 4) is 0 Å². The molecule has 0 rings (SSSR count). The molecule has 3 nitrogen and oxygen atoms in total. The summed E-state index contributed by atoms with van der Waals surface area (Å²) in [5, 5.41) is 0. The molecule has 0 heterocycles. The molecule has 0 bridgehead atoms. The molecule has 12 heavy (non-hydrogen) atoms. The highest BCUT2D eigenvalue weighted by Gasteiger charge is 2.32. The van der Waals surface area contributed by atoms with Gasteiger partial charge in [-0.25, -0.2) is 4.79 Å². The van der Waals surface area contributed by atoms with Crippen LogP contribution in [-0.4, -0.2) is 14.1 Å². The Bertz CT molecular complexity index is 150. The number of hydrogen-bond donors (Lipinski definition) is 0. The maximum Gasteiger partial charge on any atom is 0.515 e. The van der Waals surface area contributed by atoms with Crippen molar-refractivity contribution in [1.82, 2.24) is 0 Å². The first-order valence-corrected chi connectivity index (χ1v) is 4.42. The summed E-state index contributed by atoms with van der Waals surface area (Å²) in [5.41, 5.74) is 0. The van der Waals surface area contributed by atoms with E-state index in [1.807, 2.05) is 0 Å². The fourth-order valence-corrected chi connectivity index (χ4v) is 0.588. The zero-order chi connectivity index (χ0) is 9.99. The van der Waals surface area contributed by atoms with Crippen LogP contribution >= 0.6 is 69.6 Å². The van der Waals surface area contributed by atoms with Gasteiger partial charge < -0.3 is 9.47 Å². The summed E-state index contributed by atoms with van der Waals surface area (Å²) < 4.78 is 3.50. The van der Waals surface area contributed by atoms with E-state index in [9.17, 15) is 4.79 Å². The first-order chi connectivity index (χ1) is 5.10. The molecular weight excluding hydrogens is 300 g/mol. The second kappa shape index (κ2) is 4.49. The second-order valence-electron chi connectivity index (χ2n) is 1.35. The summed E-state index contributed by atoms with van der Waals surface area (Å²) in [4.78, 5) is 10.5. The molecule has 0 aromatic rings. The minimum absolute atomic E-state index is 1.41. The molecule has 0 fully saturated rings. The van der Waals surface area contributed by atoms with Gasteiger partial charge >= 0.3 is 14.1 Å². The summed E-state index contributed by atoms with van der Waals surface area (Å²) in [7, 11) is 0. The number of alkyl halides is 6. The Hall–Kier alpha value is 1.01. The van der Waals surface area contributed by atoms with Crippen LogP contribution in [0, 0.1) is 0 Å². The first kappa shape index (κ1) is 13.0. The maximum atomic E-state index is 10.5. The van der Waals surface area contributed by atoms with Gasteiger partial charge in [-0.05, 0) is 69.6 Å². The standard InChI is InChI=1S/C3Cl6O3/c4-2(5,6)11-1(10)12-3(7,8)9/i1+1,2+1,3+1. The lowest BCUT2D eigenvalue weighted by Gasteiger charge is -2.15. The smallest absolute Gasteiger partial charge is 0.382 e. The van der Waals surface area contributed by atoms with Gasteiger partial charge in [0.15, 0.2) is 0 Å². The van der Waals surface area contributed by atoms with Gasteiger partial charge in [-0.3, -0.25) is 0 Å². The van der Waals surface area contributed by atoms with E-state index in [-0.39, 0.29) is 0 Å². The highest BCUT2D eigenvalue weighted by molar-refractivity contribution is 6.67. The summed E-state index contributed by atoms with van der Waals surface area (Å²) in [5.74, 6) is 0. The SMILES string of the molecule is O=[13C](O[13C](Cl)(Cl)Cl)O[13C](Cl)(Cl)Cl. The molecule has 0 aliphatic carbocycles. The van der Waals surface area contributed by atoms with Gasteiger partial charge in [0.05, 0.1) is 0 Å². The summed E-state index contributed by atoms with van der Waals surface area (Å²) in [6.45, 7) is 0. The molecule has 0 saturated heterocycles. The van der Waals surface area contributed by atoms with E-state index in [1.165, 1.54) is 0 Å². The van der Waals surface area contributed by atoms with Crippen molar-refractivity contribution < 1.29 is 14.3 Å². The fourth-order valence-electron chi connectivity index (χ4n) is 0.210. The van der Waals surface area contributed by atoms with Crippen molar-refractivity contribution >= 4 is 75.8 Å². The number of rotatable bonds is 0. The van der Waals surface area contributed by atoms with Crippen molar-refractivity contribution in [2.45, 2.75) is 7.96 Å². The van der Waals surface area contributed by atoms with Crippen LogP contribution in [0.1, 0.15) is 0 Å². The third-order valence-corrected chi connectivity index (χ3v) is 0.861. The Kier molecular flexibility index (Phi) is 4.87. The van der Waals surface area contributed by atoms with Gasteiger partial charge in [0.1, 0.15) is 0 Å². The van der Waals surface area contributed by atoms with Gasteiger partial charge in [-0.15, -0.1) is 0 Å². The van der Waals surface area contributed by atoms with Crippen LogP contribution in [0.4, 0.5) is 4.79 Å². The minimum Gasteiger partial charge on any atom is -0.382 e. The van der Waals surface area contributed by atoms with Crippen molar-refractivity contribution in [2.24, 2.45) is 0 Å². The van der Waals surface area contributed by atoms with E-state index in [1.54, 1.807) is 0 Å². The Balaban J connectivity index is 3.92. The number of carbonyl (C=O) groups is 1. The van der Waals surface area contributed by atoms with Crippen LogP contribution in [0.25, 0.3) is 0 Å². The molecule has 0 aliphatic heterocycles. The zero-order valence-corrected chi connectivity index (χ0v) is 9.53. The van der Waals surface area contributed by atoms with E-state index < -0.39 is 14.1 Å². The Morgan fingerprint density at radius 1 is 0.833 bits per heavy atom. The van der Waals surface area contributed by atoms with Crippen LogP contribution < -0.4 is 0 Å². The van der Waals surface area contributed by atoms with Crippen LogP contribution in [0.5, 0.6) is 0 Å². The lowest BCUT2D eigenvalue weighted by atomic mass is 12.1. The highest BCUT2D eigenvalue weighted by Crippen LogP contribution is 2.32. The van der Waals surface area contributed by atoms with Crippen LogP contribution in [-0.2, 0) is 9.47 Å². The maximum absolute atomic E-state index is 10.5. The van der Waals surface area contributed by atoms with Crippen LogP contribution in [0.2, 0.25) is 0 Å². The zero-order valence-electron chi connectivity index (χ0n) is 4.99. The van der Waals surface area contributed by atoms with Crippen molar-refractivity contribution in [2.75, 3.05) is 0 Å². The molecule has 9 heteroatoms.